The van der Waals surface area contributed by atoms with Crippen molar-refractivity contribution in [3.63, 3.8) is 0 Å². The van der Waals surface area contributed by atoms with Crippen LogP contribution in [-0.2, 0) is 0 Å². The summed E-state index contributed by atoms with van der Waals surface area (Å²) in [5.41, 5.74) is 3.61. The van der Waals surface area contributed by atoms with Gasteiger partial charge in [-0.2, -0.15) is 0 Å². The van der Waals surface area contributed by atoms with Gasteiger partial charge in [0, 0.05) is 17.1 Å². The smallest absolute Gasteiger partial charge is 0.0708 e. The molecule has 82 valence electrons. The lowest BCUT2D eigenvalue weighted by Crippen LogP contribution is -2.13. The number of hydrogen-bond acceptors (Lipinski definition) is 2. The van der Waals surface area contributed by atoms with E-state index in [0.717, 1.165) is 17.8 Å². The van der Waals surface area contributed by atoms with Crippen molar-refractivity contribution in [1.82, 2.24) is 10.3 Å². The van der Waals surface area contributed by atoms with E-state index in [-0.39, 0.29) is 0 Å². The maximum atomic E-state index is 4.58. The Morgan fingerprint density at radius 1 is 1.25 bits per heavy atom. The van der Waals surface area contributed by atoms with Crippen LogP contribution >= 0.6 is 0 Å². The molecule has 1 saturated heterocycles. The Bertz CT molecular complexity index is 513. The first-order valence-electron chi connectivity index (χ1n) is 5.94. The van der Waals surface area contributed by atoms with Gasteiger partial charge in [0.05, 0.1) is 5.52 Å². The summed E-state index contributed by atoms with van der Waals surface area (Å²) in [6, 6.07) is 11.3. The van der Waals surface area contributed by atoms with Crippen LogP contribution < -0.4 is 5.32 Å². The number of nitrogens with zero attached hydrogens (tertiary/aromatic N) is 1. The Morgan fingerprint density at radius 2 is 2.19 bits per heavy atom. The molecule has 1 aliphatic rings. The lowest BCUT2D eigenvalue weighted by molar-refractivity contribution is 0.652. The first-order valence-corrected chi connectivity index (χ1v) is 5.94. The number of fused-ring (bicyclic) bond motifs is 1. The summed E-state index contributed by atoms with van der Waals surface area (Å²) in [7, 11) is 0. The zero-order valence-corrected chi connectivity index (χ0v) is 9.53. The first kappa shape index (κ1) is 9.79. The molecule has 1 atom stereocenters. The van der Waals surface area contributed by atoms with Gasteiger partial charge in [0.25, 0.3) is 0 Å². The van der Waals surface area contributed by atoms with Crippen molar-refractivity contribution in [2.75, 3.05) is 6.54 Å². The van der Waals surface area contributed by atoms with Crippen LogP contribution in [0.3, 0.4) is 0 Å². The molecule has 2 heteroatoms. The Kier molecular flexibility index (Phi) is 2.37. The van der Waals surface area contributed by atoms with Crippen molar-refractivity contribution in [2.45, 2.75) is 25.8 Å². The molecule has 0 aliphatic carbocycles. The molecule has 1 aromatic carbocycles. The van der Waals surface area contributed by atoms with Crippen molar-refractivity contribution in [3.8, 4) is 0 Å². The van der Waals surface area contributed by atoms with Gasteiger partial charge in [-0.05, 0) is 44.0 Å². The normalized spacial score (nSPS) is 20.4. The second-order valence-corrected chi connectivity index (χ2v) is 4.52. The molecule has 0 saturated carbocycles. The fraction of sp³-hybridized carbons (Fsp3) is 0.357. The van der Waals surface area contributed by atoms with Gasteiger partial charge < -0.3 is 5.32 Å². The zero-order valence-electron chi connectivity index (χ0n) is 9.53. The predicted octanol–water partition coefficient (Wildman–Crippen LogP) is 2.97. The topological polar surface area (TPSA) is 24.9 Å². The highest BCUT2D eigenvalue weighted by molar-refractivity contribution is 5.82. The van der Waals surface area contributed by atoms with E-state index in [1.807, 2.05) is 6.92 Å². The molecule has 1 aliphatic heterocycles. The van der Waals surface area contributed by atoms with E-state index < -0.39 is 0 Å². The molecule has 2 aromatic rings. The quantitative estimate of drug-likeness (QED) is 0.786. The van der Waals surface area contributed by atoms with E-state index >= 15 is 0 Å². The minimum Gasteiger partial charge on any atom is -0.310 e. The third kappa shape index (κ3) is 1.59. The van der Waals surface area contributed by atoms with Crippen molar-refractivity contribution in [1.29, 1.82) is 0 Å². The molecule has 1 fully saturated rings. The SMILES string of the molecule is Cc1ccc2c(C3CCCN3)cccc2n1. The molecule has 0 spiro atoms. The van der Waals surface area contributed by atoms with E-state index in [2.05, 4.69) is 40.6 Å². The van der Waals surface area contributed by atoms with Crippen molar-refractivity contribution in [3.05, 3.63) is 41.6 Å². The highest BCUT2D eigenvalue weighted by atomic mass is 14.9. The van der Waals surface area contributed by atoms with E-state index in [1.54, 1.807) is 0 Å². The van der Waals surface area contributed by atoms with Gasteiger partial charge in [0.2, 0.25) is 0 Å². The molecule has 1 N–H and O–H groups in total. The monoisotopic (exact) mass is 212 g/mol. The molecule has 3 rings (SSSR count). The minimum absolute atomic E-state index is 0.521. The van der Waals surface area contributed by atoms with Gasteiger partial charge in [0.15, 0.2) is 0 Å². The molecule has 2 nitrogen and oxygen atoms in total. The average molecular weight is 212 g/mol. The number of nitrogens with one attached hydrogen (secondary N) is 1. The third-order valence-electron chi connectivity index (χ3n) is 3.34. The van der Waals surface area contributed by atoms with Crippen LogP contribution in [0.15, 0.2) is 30.3 Å². The van der Waals surface area contributed by atoms with Crippen LogP contribution in [-0.4, -0.2) is 11.5 Å². The summed E-state index contributed by atoms with van der Waals surface area (Å²) in [6.45, 7) is 3.18. The van der Waals surface area contributed by atoms with Crippen molar-refractivity contribution >= 4 is 10.9 Å². The maximum absolute atomic E-state index is 4.58. The average Bonchev–Trinajstić information content (AvgIpc) is 2.81. The second-order valence-electron chi connectivity index (χ2n) is 4.52. The number of aromatic nitrogens is 1. The molecule has 0 radical (unpaired) electrons. The van der Waals surface area contributed by atoms with Crippen LogP contribution in [0.5, 0.6) is 0 Å². The highest BCUT2D eigenvalue weighted by Gasteiger charge is 2.18. The van der Waals surface area contributed by atoms with Crippen LogP contribution in [0.1, 0.15) is 30.1 Å². The maximum Gasteiger partial charge on any atom is 0.0708 e. The standard InChI is InChI=1S/C14H16N2/c1-10-7-8-12-11(13-6-3-9-15-13)4-2-5-14(12)16-10/h2,4-5,7-8,13,15H,3,6,9H2,1H3. The van der Waals surface area contributed by atoms with Gasteiger partial charge in [-0.25, -0.2) is 0 Å². The van der Waals surface area contributed by atoms with Crippen LogP contribution in [0.2, 0.25) is 0 Å². The fourth-order valence-electron chi connectivity index (χ4n) is 2.53. The van der Waals surface area contributed by atoms with E-state index in [9.17, 15) is 0 Å². The fourth-order valence-corrected chi connectivity index (χ4v) is 2.53. The molecular formula is C14H16N2. The van der Waals surface area contributed by atoms with Gasteiger partial charge in [-0.3, -0.25) is 4.98 Å². The summed E-state index contributed by atoms with van der Waals surface area (Å²) in [4.78, 5) is 4.58. The Labute approximate surface area is 95.7 Å². The summed E-state index contributed by atoms with van der Waals surface area (Å²) in [5.74, 6) is 0. The summed E-state index contributed by atoms with van der Waals surface area (Å²) < 4.78 is 0. The Hall–Kier alpha value is -1.41. The molecule has 16 heavy (non-hydrogen) atoms. The van der Waals surface area contributed by atoms with E-state index in [1.165, 1.54) is 23.8 Å². The molecule has 0 amide bonds. The number of pyridine rings is 1. The van der Waals surface area contributed by atoms with Crippen LogP contribution in [0.4, 0.5) is 0 Å². The summed E-state index contributed by atoms with van der Waals surface area (Å²) in [5, 5.41) is 4.85. The zero-order chi connectivity index (χ0) is 11.0. The third-order valence-corrected chi connectivity index (χ3v) is 3.34. The predicted molar refractivity (Wildman–Crippen MR) is 66.5 cm³/mol. The highest BCUT2D eigenvalue weighted by Crippen LogP contribution is 2.28. The summed E-state index contributed by atoms with van der Waals surface area (Å²) >= 11 is 0. The molecular weight excluding hydrogens is 196 g/mol. The lowest BCUT2D eigenvalue weighted by atomic mass is 10.00. The van der Waals surface area contributed by atoms with Crippen LogP contribution in [0.25, 0.3) is 10.9 Å². The van der Waals surface area contributed by atoms with E-state index in [0.29, 0.717) is 6.04 Å². The van der Waals surface area contributed by atoms with Crippen molar-refractivity contribution in [2.24, 2.45) is 0 Å². The van der Waals surface area contributed by atoms with Gasteiger partial charge in [-0.1, -0.05) is 18.2 Å². The van der Waals surface area contributed by atoms with Crippen molar-refractivity contribution < 1.29 is 0 Å². The Morgan fingerprint density at radius 3 is 3.00 bits per heavy atom. The van der Waals surface area contributed by atoms with Gasteiger partial charge in [0.1, 0.15) is 0 Å². The summed E-state index contributed by atoms with van der Waals surface area (Å²) in [6.07, 6.45) is 2.52. The second kappa shape index (κ2) is 3.87. The largest absolute Gasteiger partial charge is 0.310 e. The van der Waals surface area contributed by atoms with Crippen LogP contribution in [0, 0.1) is 6.92 Å². The lowest BCUT2D eigenvalue weighted by Gasteiger charge is -2.13. The molecule has 1 unspecified atom stereocenters. The molecule has 0 bridgehead atoms. The van der Waals surface area contributed by atoms with Gasteiger partial charge in [-0.15, -0.1) is 0 Å². The number of hydrogen-bond donors (Lipinski definition) is 1. The number of aryl methyl sites for hydroxylation is 1. The number of benzene rings is 1. The Balaban J connectivity index is 2.16. The number of rotatable bonds is 1. The molecule has 1 aromatic heterocycles. The van der Waals surface area contributed by atoms with E-state index in [4.69, 9.17) is 0 Å². The van der Waals surface area contributed by atoms with Gasteiger partial charge >= 0.3 is 0 Å². The minimum atomic E-state index is 0.521. The molecule has 2 heterocycles. The first-order chi connectivity index (χ1) is 7.84.